The van der Waals surface area contributed by atoms with Crippen molar-refractivity contribution in [2.24, 2.45) is 0 Å². The van der Waals surface area contributed by atoms with E-state index in [2.05, 4.69) is 15.6 Å². The highest BCUT2D eigenvalue weighted by molar-refractivity contribution is 5.82. The average Bonchev–Trinajstić information content (AvgIpc) is 2.37. The molecule has 0 radical (unpaired) electrons. The van der Waals surface area contributed by atoms with Crippen LogP contribution in [0.25, 0.3) is 0 Å². The summed E-state index contributed by atoms with van der Waals surface area (Å²) in [5.74, 6) is -1.14. The van der Waals surface area contributed by atoms with E-state index >= 15 is 0 Å². The van der Waals surface area contributed by atoms with Crippen LogP contribution in [0.2, 0.25) is 0 Å². The van der Waals surface area contributed by atoms with E-state index in [4.69, 9.17) is 9.84 Å². The van der Waals surface area contributed by atoms with Crippen LogP contribution in [0.5, 0.6) is 0 Å². The van der Waals surface area contributed by atoms with Crippen LogP contribution in [-0.4, -0.2) is 41.8 Å². The highest BCUT2D eigenvalue weighted by Gasteiger charge is 2.19. The molecule has 104 valence electrons. The zero-order valence-corrected chi connectivity index (χ0v) is 10.8. The predicted octanol–water partition coefficient (Wildman–Crippen LogP) is 0.289. The molecule has 0 bridgehead atoms. The minimum Gasteiger partial charge on any atom is -0.480 e. The lowest BCUT2D eigenvalue weighted by atomic mass is 10.1. The summed E-state index contributed by atoms with van der Waals surface area (Å²) in [5, 5.41) is 13.8. The molecule has 0 aromatic carbocycles. The number of hydrogen-bond acceptors (Lipinski definition) is 4. The molecule has 7 heteroatoms. The van der Waals surface area contributed by atoms with Crippen molar-refractivity contribution < 1.29 is 19.4 Å². The van der Waals surface area contributed by atoms with Gasteiger partial charge in [-0.05, 0) is 24.1 Å². The smallest absolute Gasteiger partial charge is 0.328 e. The van der Waals surface area contributed by atoms with Gasteiger partial charge in [-0.25, -0.2) is 9.59 Å². The summed E-state index contributed by atoms with van der Waals surface area (Å²) in [4.78, 5) is 26.3. The quantitative estimate of drug-likeness (QED) is 0.687. The molecule has 1 atom stereocenters. The lowest BCUT2D eigenvalue weighted by Gasteiger charge is -2.14. The number of carboxylic acids is 1. The molecule has 0 fully saturated rings. The first-order valence-corrected chi connectivity index (χ1v) is 5.70. The molecule has 3 N–H and O–H groups in total. The van der Waals surface area contributed by atoms with Crippen molar-refractivity contribution in [3.63, 3.8) is 0 Å². The van der Waals surface area contributed by atoms with Crippen molar-refractivity contribution in [3.05, 3.63) is 29.6 Å². The standard InChI is InChI=1S/C12H17N3O4/c1-8-5-13-4-3-9(8)6-14-12(18)15-10(7-19-2)11(16)17/h3-5,10H,6-7H2,1-2H3,(H,16,17)(H2,14,15,18). The minimum atomic E-state index is -1.14. The molecule has 1 rings (SSSR count). The van der Waals surface area contributed by atoms with Crippen LogP contribution in [-0.2, 0) is 16.1 Å². The third-order valence-corrected chi connectivity index (χ3v) is 2.51. The SMILES string of the molecule is COCC(NC(=O)NCc1ccncc1C)C(=O)O. The van der Waals surface area contributed by atoms with Crippen LogP contribution in [0.4, 0.5) is 4.79 Å². The number of carbonyl (C=O) groups excluding carboxylic acids is 1. The molecule has 0 saturated carbocycles. The number of pyridine rings is 1. The minimum absolute atomic E-state index is 0.0863. The van der Waals surface area contributed by atoms with Crippen LogP contribution in [0.3, 0.4) is 0 Å². The second-order valence-electron chi connectivity index (χ2n) is 3.98. The number of methoxy groups -OCH3 is 1. The summed E-state index contributed by atoms with van der Waals surface area (Å²) in [6, 6.07) is 0.170. The molecular formula is C12H17N3O4. The van der Waals surface area contributed by atoms with Gasteiger partial charge in [0, 0.05) is 26.0 Å². The number of carboxylic acid groups (broad SMARTS) is 1. The maximum Gasteiger partial charge on any atom is 0.328 e. The molecular weight excluding hydrogens is 250 g/mol. The Balaban J connectivity index is 2.47. The van der Waals surface area contributed by atoms with Crippen molar-refractivity contribution in [3.8, 4) is 0 Å². The highest BCUT2D eigenvalue weighted by Crippen LogP contribution is 2.03. The molecule has 19 heavy (non-hydrogen) atoms. The van der Waals surface area contributed by atoms with Gasteiger partial charge in [-0.15, -0.1) is 0 Å². The van der Waals surface area contributed by atoms with Crippen molar-refractivity contribution in [1.29, 1.82) is 0 Å². The van der Waals surface area contributed by atoms with E-state index in [9.17, 15) is 9.59 Å². The fourth-order valence-electron chi connectivity index (χ4n) is 1.43. The Kier molecular flexibility index (Phi) is 5.74. The number of nitrogens with zero attached hydrogens (tertiary/aromatic N) is 1. The Hall–Kier alpha value is -2.15. The summed E-state index contributed by atoms with van der Waals surface area (Å²) in [6.07, 6.45) is 3.33. The topological polar surface area (TPSA) is 101 Å². The first-order valence-electron chi connectivity index (χ1n) is 5.70. The molecule has 1 aromatic heterocycles. The second-order valence-corrected chi connectivity index (χ2v) is 3.98. The number of aromatic nitrogens is 1. The molecule has 0 aliphatic rings. The fraction of sp³-hybridized carbons (Fsp3) is 0.417. The zero-order chi connectivity index (χ0) is 14.3. The van der Waals surface area contributed by atoms with Gasteiger partial charge in [0.05, 0.1) is 6.61 Å². The summed E-state index contributed by atoms with van der Waals surface area (Å²) in [7, 11) is 1.37. The van der Waals surface area contributed by atoms with Crippen LogP contribution in [0.1, 0.15) is 11.1 Å². The Morgan fingerprint density at radius 1 is 1.53 bits per heavy atom. The number of amides is 2. The van der Waals surface area contributed by atoms with Gasteiger partial charge in [-0.3, -0.25) is 4.98 Å². The Bertz CT molecular complexity index is 450. The molecule has 1 aromatic rings. The summed E-state index contributed by atoms with van der Waals surface area (Å²) in [6.45, 7) is 2.10. The van der Waals surface area contributed by atoms with Gasteiger partial charge in [0.2, 0.25) is 0 Å². The Labute approximate surface area is 111 Å². The number of carbonyl (C=O) groups is 2. The van der Waals surface area contributed by atoms with Crippen LogP contribution in [0, 0.1) is 6.92 Å². The van der Waals surface area contributed by atoms with Crippen molar-refractivity contribution in [2.45, 2.75) is 19.5 Å². The molecule has 0 aliphatic carbocycles. The number of hydrogen-bond donors (Lipinski definition) is 3. The van der Waals surface area contributed by atoms with E-state index in [-0.39, 0.29) is 6.61 Å². The van der Waals surface area contributed by atoms with Crippen LogP contribution < -0.4 is 10.6 Å². The third kappa shape index (κ3) is 4.92. The first kappa shape index (κ1) is 14.9. The summed E-state index contributed by atoms with van der Waals surface area (Å²) >= 11 is 0. The van der Waals surface area contributed by atoms with E-state index in [1.165, 1.54) is 7.11 Å². The van der Waals surface area contributed by atoms with Gasteiger partial charge in [-0.2, -0.15) is 0 Å². The molecule has 7 nitrogen and oxygen atoms in total. The predicted molar refractivity (Wildman–Crippen MR) is 67.6 cm³/mol. The molecule has 0 spiro atoms. The lowest BCUT2D eigenvalue weighted by molar-refractivity contribution is -0.140. The number of nitrogens with one attached hydrogen (secondary N) is 2. The number of aryl methyl sites for hydroxylation is 1. The van der Waals surface area contributed by atoms with Crippen molar-refractivity contribution >= 4 is 12.0 Å². The maximum absolute atomic E-state index is 11.6. The maximum atomic E-state index is 11.6. The third-order valence-electron chi connectivity index (χ3n) is 2.51. The summed E-state index contributed by atoms with van der Waals surface area (Å²) in [5.41, 5.74) is 1.87. The first-order chi connectivity index (χ1) is 9.04. The number of urea groups is 1. The molecule has 2 amide bonds. The number of ether oxygens (including phenoxy) is 1. The van der Waals surface area contributed by atoms with Crippen molar-refractivity contribution in [2.75, 3.05) is 13.7 Å². The molecule has 1 unspecified atom stereocenters. The van der Waals surface area contributed by atoms with Gasteiger partial charge in [0.25, 0.3) is 0 Å². The van der Waals surface area contributed by atoms with Gasteiger partial charge < -0.3 is 20.5 Å². The summed E-state index contributed by atoms with van der Waals surface area (Å²) < 4.78 is 4.72. The van der Waals surface area contributed by atoms with Crippen molar-refractivity contribution in [1.82, 2.24) is 15.6 Å². The monoisotopic (exact) mass is 267 g/mol. The Morgan fingerprint density at radius 3 is 2.84 bits per heavy atom. The van der Waals surface area contributed by atoms with E-state index in [0.29, 0.717) is 6.54 Å². The highest BCUT2D eigenvalue weighted by atomic mass is 16.5. The average molecular weight is 267 g/mol. The van der Waals surface area contributed by atoms with Gasteiger partial charge in [0.1, 0.15) is 0 Å². The fourth-order valence-corrected chi connectivity index (χ4v) is 1.43. The Morgan fingerprint density at radius 2 is 2.26 bits per heavy atom. The second kappa shape index (κ2) is 7.32. The van der Waals surface area contributed by atoms with E-state index in [1.807, 2.05) is 6.92 Å². The molecule has 1 heterocycles. The molecule has 0 aliphatic heterocycles. The van der Waals surface area contributed by atoms with E-state index < -0.39 is 18.0 Å². The largest absolute Gasteiger partial charge is 0.480 e. The lowest BCUT2D eigenvalue weighted by Crippen LogP contribution is -2.48. The zero-order valence-electron chi connectivity index (χ0n) is 10.8. The van der Waals surface area contributed by atoms with Gasteiger partial charge >= 0.3 is 12.0 Å². The number of aliphatic carboxylic acids is 1. The molecule has 0 saturated heterocycles. The van der Waals surface area contributed by atoms with E-state index in [0.717, 1.165) is 11.1 Å². The number of rotatable bonds is 6. The van der Waals surface area contributed by atoms with Gasteiger partial charge in [0.15, 0.2) is 6.04 Å². The van der Waals surface area contributed by atoms with Gasteiger partial charge in [-0.1, -0.05) is 0 Å². The van der Waals surface area contributed by atoms with Crippen LogP contribution >= 0.6 is 0 Å². The normalized spacial score (nSPS) is 11.7. The van der Waals surface area contributed by atoms with E-state index in [1.54, 1.807) is 18.5 Å². The van der Waals surface area contributed by atoms with Crippen LogP contribution in [0.15, 0.2) is 18.5 Å².